The first-order valence-corrected chi connectivity index (χ1v) is 10.3. The molecule has 1 aliphatic carbocycles. The smallest absolute Gasteiger partial charge is 0.410 e. The van der Waals surface area contributed by atoms with E-state index in [1.54, 1.807) is 0 Å². The first-order chi connectivity index (χ1) is 12.4. The summed E-state index contributed by atoms with van der Waals surface area (Å²) in [5, 5.41) is 3.73. The van der Waals surface area contributed by atoms with E-state index < -0.39 is 5.60 Å². The summed E-state index contributed by atoms with van der Waals surface area (Å²) >= 11 is 0. The number of hydrogen-bond donors (Lipinski definition) is 1. The van der Waals surface area contributed by atoms with Gasteiger partial charge in [0.1, 0.15) is 5.60 Å². The molecule has 0 radical (unpaired) electrons. The number of nitrogens with one attached hydrogen (secondary N) is 1. The number of anilines is 1. The number of hydrogen-bond acceptors (Lipinski definition) is 3. The van der Waals surface area contributed by atoms with E-state index in [9.17, 15) is 4.79 Å². The van der Waals surface area contributed by atoms with E-state index in [-0.39, 0.29) is 6.09 Å². The molecule has 1 saturated carbocycles. The highest BCUT2D eigenvalue weighted by molar-refractivity contribution is 5.68. The van der Waals surface area contributed by atoms with Gasteiger partial charge in [-0.25, -0.2) is 4.79 Å². The fourth-order valence-electron chi connectivity index (χ4n) is 4.09. The zero-order valence-corrected chi connectivity index (χ0v) is 16.6. The van der Waals surface area contributed by atoms with Crippen molar-refractivity contribution < 1.29 is 9.53 Å². The molecule has 4 nitrogen and oxygen atoms in total. The highest BCUT2D eigenvalue weighted by atomic mass is 16.6. The summed E-state index contributed by atoms with van der Waals surface area (Å²) in [5.41, 5.74) is 2.23. The van der Waals surface area contributed by atoms with Gasteiger partial charge >= 0.3 is 6.09 Å². The van der Waals surface area contributed by atoms with Gasteiger partial charge in [0.05, 0.1) is 0 Å². The molecule has 0 aromatic heterocycles. The predicted octanol–water partition coefficient (Wildman–Crippen LogP) is 5.55. The van der Waals surface area contributed by atoms with Crippen LogP contribution in [0.5, 0.6) is 0 Å². The predicted molar refractivity (Wildman–Crippen MR) is 107 cm³/mol. The quantitative estimate of drug-likeness (QED) is 0.770. The SMILES string of the molecule is CC(C)(C)OC(=O)N1CCC(c2cccc(NC3CCCCC3)c2)CC1. The zero-order valence-electron chi connectivity index (χ0n) is 16.6. The van der Waals surface area contributed by atoms with Gasteiger partial charge in [-0.15, -0.1) is 0 Å². The number of carbonyl (C=O) groups excluding carboxylic acids is 1. The summed E-state index contributed by atoms with van der Waals surface area (Å²) in [6.07, 6.45) is 8.49. The van der Waals surface area contributed by atoms with E-state index in [1.807, 2.05) is 25.7 Å². The Labute approximate surface area is 158 Å². The van der Waals surface area contributed by atoms with Crippen LogP contribution in [0.1, 0.15) is 77.2 Å². The molecular weight excluding hydrogens is 324 g/mol. The third-order valence-electron chi connectivity index (χ3n) is 5.48. The number of rotatable bonds is 3. The molecule has 1 saturated heterocycles. The van der Waals surface area contributed by atoms with E-state index in [0.717, 1.165) is 25.9 Å². The van der Waals surface area contributed by atoms with Crippen molar-refractivity contribution in [3.05, 3.63) is 29.8 Å². The average Bonchev–Trinajstić information content (AvgIpc) is 2.61. The Morgan fingerprint density at radius 3 is 2.42 bits per heavy atom. The molecule has 0 bridgehead atoms. The summed E-state index contributed by atoms with van der Waals surface area (Å²) < 4.78 is 5.50. The molecule has 1 aromatic rings. The van der Waals surface area contributed by atoms with Crippen LogP contribution < -0.4 is 5.32 Å². The topological polar surface area (TPSA) is 41.6 Å². The van der Waals surface area contributed by atoms with Crippen LogP contribution in [0.25, 0.3) is 0 Å². The molecule has 4 heteroatoms. The van der Waals surface area contributed by atoms with Crippen molar-refractivity contribution in [1.82, 2.24) is 4.90 Å². The van der Waals surface area contributed by atoms with E-state index in [1.165, 1.54) is 43.4 Å². The lowest BCUT2D eigenvalue weighted by molar-refractivity contribution is 0.0205. The van der Waals surface area contributed by atoms with Crippen molar-refractivity contribution >= 4 is 11.8 Å². The van der Waals surface area contributed by atoms with Gasteiger partial charge in [-0.05, 0) is 70.1 Å². The molecule has 1 amide bonds. The van der Waals surface area contributed by atoms with Crippen molar-refractivity contribution in [3.8, 4) is 0 Å². The normalized spacial score (nSPS) is 20.0. The van der Waals surface area contributed by atoms with Crippen LogP contribution in [0.15, 0.2) is 24.3 Å². The lowest BCUT2D eigenvalue weighted by atomic mass is 9.89. The molecule has 2 aliphatic rings. The minimum absolute atomic E-state index is 0.177. The highest BCUT2D eigenvalue weighted by Crippen LogP contribution is 2.31. The summed E-state index contributed by atoms with van der Waals surface area (Å²) in [4.78, 5) is 14.1. The minimum atomic E-state index is -0.424. The van der Waals surface area contributed by atoms with Gasteiger partial charge < -0.3 is 15.0 Å². The Bertz CT molecular complexity index is 594. The second kappa shape index (κ2) is 8.32. The third kappa shape index (κ3) is 5.39. The molecule has 144 valence electrons. The Morgan fingerprint density at radius 2 is 1.77 bits per heavy atom. The van der Waals surface area contributed by atoms with Crippen LogP contribution in [-0.2, 0) is 4.74 Å². The molecule has 2 fully saturated rings. The maximum atomic E-state index is 12.2. The maximum absolute atomic E-state index is 12.2. The van der Waals surface area contributed by atoms with Crippen molar-refractivity contribution in [2.24, 2.45) is 0 Å². The van der Waals surface area contributed by atoms with Gasteiger partial charge in [-0.2, -0.15) is 0 Å². The van der Waals surface area contributed by atoms with Crippen LogP contribution in [0.2, 0.25) is 0 Å². The monoisotopic (exact) mass is 358 g/mol. The van der Waals surface area contributed by atoms with E-state index >= 15 is 0 Å². The highest BCUT2D eigenvalue weighted by Gasteiger charge is 2.27. The van der Waals surface area contributed by atoms with Crippen LogP contribution in [0.4, 0.5) is 10.5 Å². The van der Waals surface area contributed by atoms with Crippen LogP contribution >= 0.6 is 0 Å². The third-order valence-corrected chi connectivity index (χ3v) is 5.48. The fourth-order valence-corrected chi connectivity index (χ4v) is 4.09. The lowest BCUT2D eigenvalue weighted by Crippen LogP contribution is -2.41. The molecular formula is C22H34N2O2. The molecule has 0 atom stereocenters. The minimum Gasteiger partial charge on any atom is -0.444 e. The number of benzene rings is 1. The van der Waals surface area contributed by atoms with Crippen molar-refractivity contribution in [2.45, 2.75) is 83.3 Å². The molecule has 0 unspecified atom stereocenters. The number of carbonyl (C=O) groups is 1. The average molecular weight is 359 g/mol. The first-order valence-electron chi connectivity index (χ1n) is 10.3. The van der Waals surface area contributed by atoms with Gasteiger partial charge in [0.15, 0.2) is 0 Å². The van der Waals surface area contributed by atoms with E-state index in [2.05, 4.69) is 29.6 Å². The Kier molecular flexibility index (Phi) is 6.10. The second-order valence-electron chi connectivity index (χ2n) is 8.85. The molecule has 1 aromatic carbocycles. The van der Waals surface area contributed by atoms with Crippen molar-refractivity contribution in [3.63, 3.8) is 0 Å². The fraction of sp³-hybridized carbons (Fsp3) is 0.682. The number of piperidine rings is 1. The zero-order chi connectivity index (χ0) is 18.6. The van der Waals surface area contributed by atoms with E-state index in [4.69, 9.17) is 4.74 Å². The van der Waals surface area contributed by atoms with Gasteiger partial charge in [0.2, 0.25) is 0 Å². The summed E-state index contributed by atoms with van der Waals surface area (Å²) in [7, 11) is 0. The van der Waals surface area contributed by atoms with Crippen LogP contribution in [0.3, 0.4) is 0 Å². The second-order valence-corrected chi connectivity index (χ2v) is 8.85. The summed E-state index contributed by atoms with van der Waals surface area (Å²) in [6.45, 7) is 7.31. The summed E-state index contributed by atoms with van der Waals surface area (Å²) in [5.74, 6) is 0.529. The Hall–Kier alpha value is -1.71. The van der Waals surface area contributed by atoms with Crippen molar-refractivity contribution in [2.75, 3.05) is 18.4 Å². The Balaban J connectivity index is 1.54. The van der Waals surface area contributed by atoms with Gasteiger partial charge in [-0.1, -0.05) is 31.4 Å². The van der Waals surface area contributed by atoms with Gasteiger partial charge in [-0.3, -0.25) is 0 Å². The largest absolute Gasteiger partial charge is 0.444 e. The van der Waals surface area contributed by atoms with Crippen molar-refractivity contribution in [1.29, 1.82) is 0 Å². The molecule has 0 spiro atoms. The number of amides is 1. The van der Waals surface area contributed by atoms with E-state index in [0.29, 0.717) is 12.0 Å². The standard InChI is InChI=1S/C22H34N2O2/c1-22(2,3)26-21(25)24-14-12-17(13-15-24)18-8-7-11-20(16-18)23-19-9-5-4-6-10-19/h7-8,11,16-17,19,23H,4-6,9-10,12-15H2,1-3H3. The number of likely N-dealkylation sites (tertiary alicyclic amines) is 1. The maximum Gasteiger partial charge on any atom is 0.410 e. The lowest BCUT2D eigenvalue weighted by Gasteiger charge is -2.33. The van der Waals surface area contributed by atoms with Crippen LogP contribution in [0, 0.1) is 0 Å². The van der Waals surface area contributed by atoms with Gasteiger partial charge in [0.25, 0.3) is 0 Å². The van der Waals surface area contributed by atoms with Crippen LogP contribution in [-0.4, -0.2) is 35.7 Å². The summed E-state index contributed by atoms with van der Waals surface area (Å²) in [6, 6.07) is 9.55. The molecule has 1 N–H and O–H groups in total. The first kappa shape index (κ1) is 19.1. The molecule has 1 heterocycles. The molecule has 26 heavy (non-hydrogen) atoms. The number of nitrogens with zero attached hydrogens (tertiary/aromatic N) is 1. The Morgan fingerprint density at radius 1 is 1.08 bits per heavy atom. The van der Waals surface area contributed by atoms with Gasteiger partial charge in [0, 0.05) is 24.8 Å². The molecule has 3 rings (SSSR count). The molecule has 1 aliphatic heterocycles. The number of ether oxygens (including phenoxy) is 1.